The van der Waals surface area contributed by atoms with E-state index in [9.17, 15) is 17.6 Å². The molecule has 10 heteroatoms. The minimum absolute atomic E-state index is 0.0258. The molecule has 7 nitrogen and oxygen atoms in total. The number of thioether (sulfide) groups is 1. The second-order valence-corrected chi connectivity index (χ2v) is 12.8. The maximum absolute atomic E-state index is 14.0. The van der Waals surface area contributed by atoms with E-state index >= 15 is 0 Å². The summed E-state index contributed by atoms with van der Waals surface area (Å²) >= 11 is 1.77. The third-order valence-corrected chi connectivity index (χ3v) is 10.4. The van der Waals surface area contributed by atoms with Crippen molar-refractivity contribution >= 4 is 45.5 Å². The first-order valence-electron chi connectivity index (χ1n) is 12.7. The molecule has 0 saturated carbocycles. The Bertz CT molecular complexity index is 1460. The lowest BCUT2D eigenvalue weighted by atomic mass is 9.95. The smallest absolute Gasteiger partial charge is 0.248 e. The molecule has 38 heavy (non-hydrogen) atoms. The lowest BCUT2D eigenvalue weighted by Gasteiger charge is -2.34. The number of nitrogens with zero attached hydrogens (tertiary/aromatic N) is 3. The summed E-state index contributed by atoms with van der Waals surface area (Å²) < 4.78 is 48.0. The van der Waals surface area contributed by atoms with E-state index in [2.05, 4.69) is 12.1 Å². The van der Waals surface area contributed by atoms with Crippen LogP contribution in [-0.4, -0.2) is 49.2 Å². The van der Waals surface area contributed by atoms with Crippen LogP contribution in [0.25, 0.3) is 12.2 Å². The van der Waals surface area contributed by atoms with Gasteiger partial charge in [-0.05, 0) is 56.0 Å². The summed E-state index contributed by atoms with van der Waals surface area (Å²) in [6.45, 7) is 4.81. The number of halogens is 1. The molecule has 1 fully saturated rings. The standard InChI is InChI=1S/C28H30FN3O4S2/c1-19-17-32(24-9-5-6-10-26(24)37-18-19)28(33)22-13-15-31(16-14-22)38(34,35)27-20(2)30-36-25(27)12-11-21-7-3-4-8-23(21)29/h3-12,19,22H,13-18H2,1-2H3. The summed E-state index contributed by atoms with van der Waals surface area (Å²) in [5.41, 5.74) is 1.49. The highest BCUT2D eigenvalue weighted by atomic mass is 32.2. The first-order valence-corrected chi connectivity index (χ1v) is 15.1. The van der Waals surface area contributed by atoms with Gasteiger partial charge in [0.05, 0.1) is 5.69 Å². The lowest BCUT2D eigenvalue weighted by molar-refractivity contribution is -0.123. The molecule has 2 aliphatic heterocycles. The Morgan fingerprint density at radius 1 is 1.11 bits per heavy atom. The Morgan fingerprint density at radius 2 is 1.82 bits per heavy atom. The molecule has 3 aromatic rings. The molecule has 0 bridgehead atoms. The topological polar surface area (TPSA) is 83.7 Å². The molecule has 1 amide bonds. The number of hydrogen-bond donors (Lipinski definition) is 0. The van der Waals surface area contributed by atoms with Gasteiger partial charge >= 0.3 is 0 Å². The van der Waals surface area contributed by atoms with Gasteiger partial charge in [0, 0.05) is 41.8 Å². The van der Waals surface area contributed by atoms with E-state index in [0.29, 0.717) is 30.9 Å². The number of rotatable bonds is 5. The van der Waals surface area contributed by atoms with Crippen molar-refractivity contribution in [2.75, 3.05) is 30.3 Å². The van der Waals surface area contributed by atoms with Gasteiger partial charge in [0.25, 0.3) is 0 Å². The number of piperidine rings is 1. The molecule has 1 atom stereocenters. The van der Waals surface area contributed by atoms with Crippen molar-refractivity contribution in [3.8, 4) is 0 Å². The van der Waals surface area contributed by atoms with Crippen LogP contribution in [0.2, 0.25) is 0 Å². The molecule has 0 spiro atoms. The second kappa shape index (κ2) is 11.0. The van der Waals surface area contributed by atoms with Crippen LogP contribution >= 0.6 is 11.8 Å². The van der Waals surface area contributed by atoms with Crippen molar-refractivity contribution in [1.29, 1.82) is 0 Å². The van der Waals surface area contributed by atoms with Crippen LogP contribution in [0.3, 0.4) is 0 Å². The van der Waals surface area contributed by atoms with Gasteiger partial charge in [0.2, 0.25) is 15.9 Å². The van der Waals surface area contributed by atoms with Crippen LogP contribution in [0, 0.1) is 24.6 Å². The average molecular weight is 556 g/mol. The first kappa shape index (κ1) is 26.6. The Balaban J connectivity index is 1.32. The largest absolute Gasteiger partial charge is 0.355 e. The fraction of sp³-hybridized carbons (Fsp3) is 0.357. The number of para-hydroxylation sites is 1. The summed E-state index contributed by atoms with van der Waals surface area (Å²) in [4.78, 5) is 16.6. The van der Waals surface area contributed by atoms with Crippen LogP contribution in [0.1, 0.15) is 36.8 Å². The highest BCUT2D eigenvalue weighted by molar-refractivity contribution is 7.99. The van der Waals surface area contributed by atoms with E-state index in [-0.39, 0.29) is 41.3 Å². The molecule has 1 unspecified atom stereocenters. The maximum atomic E-state index is 14.0. The molecule has 200 valence electrons. The molecule has 0 aliphatic carbocycles. The zero-order valence-corrected chi connectivity index (χ0v) is 23.0. The zero-order chi connectivity index (χ0) is 26.9. The second-order valence-electron chi connectivity index (χ2n) is 9.83. The molecule has 3 heterocycles. The minimum atomic E-state index is -3.93. The van der Waals surface area contributed by atoms with Gasteiger partial charge < -0.3 is 9.42 Å². The summed E-state index contributed by atoms with van der Waals surface area (Å²) in [6, 6.07) is 14.2. The minimum Gasteiger partial charge on any atom is -0.355 e. The predicted octanol–water partition coefficient (Wildman–Crippen LogP) is 5.47. The highest BCUT2D eigenvalue weighted by Crippen LogP contribution is 2.37. The summed E-state index contributed by atoms with van der Waals surface area (Å²) in [5.74, 6) is 0.729. The number of sulfonamides is 1. The molecule has 2 aromatic carbocycles. The number of carbonyl (C=O) groups is 1. The van der Waals surface area contributed by atoms with Gasteiger partial charge in [-0.25, -0.2) is 12.8 Å². The van der Waals surface area contributed by atoms with Crippen molar-refractivity contribution in [2.24, 2.45) is 11.8 Å². The third-order valence-electron chi connectivity index (χ3n) is 6.99. The Kier molecular flexibility index (Phi) is 7.74. The van der Waals surface area contributed by atoms with Crippen LogP contribution in [0.4, 0.5) is 10.1 Å². The number of amides is 1. The monoisotopic (exact) mass is 555 g/mol. The number of aryl methyl sites for hydroxylation is 1. The van der Waals surface area contributed by atoms with Gasteiger partial charge in [-0.15, -0.1) is 11.8 Å². The summed E-state index contributed by atoms with van der Waals surface area (Å²) in [6.07, 6.45) is 3.76. The Labute approximate surface area is 226 Å². The lowest BCUT2D eigenvalue weighted by Crippen LogP contribution is -2.45. The van der Waals surface area contributed by atoms with E-state index < -0.39 is 15.8 Å². The number of anilines is 1. The van der Waals surface area contributed by atoms with Gasteiger partial charge in [0.1, 0.15) is 11.5 Å². The van der Waals surface area contributed by atoms with Gasteiger partial charge in [-0.2, -0.15) is 4.31 Å². The molecule has 2 aliphatic rings. The predicted molar refractivity (Wildman–Crippen MR) is 147 cm³/mol. The van der Waals surface area contributed by atoms with Crippen molar-refractivity contribution in [3.63, 3.8) is 0 Å². The Hall–Kier alpha value is -2.95. The van der Waals surface area contributed by atoms with Crippen LogP contribution in [0.5, 0.6) is 0 Å². The third kappa shape index (κ3) is 5.30. The summed E-state index contributed by atoms with van der Waals surface area (Å²) in [7, 11) is -3.93. The molecule has 0 N–H and O–H groups in total. The van der Waals surface area contributed by atoms with E-state index in [4.69, 9.17) is 4.52 Å². The average Bonchev–Trinajstić information content (AvgIpc) is 3.22. The number of aromatic nitrogens is 1. The maximum Gasteiger partial charge on any atom is 0.248 e. The van der Waals surface area contributed by atoms with Crippen LogP contribution in [-0.2, 0) is 14.8 Å². The Morgan fingerprint density at radius 3 is 2.58 bits per heavy atom. The summed E-state index contributed by atoms with van der Waals surface area (Å²) in [5, 5.41) is 3.87. The van der Waals surface area contributed by atoms with Crippen molar-refractivity contribution in [2.45, 2.75) is 36.5 Å². The van der Waals surface area contributed by atoms with Crippen molar-refractivity contribution < 1.29 is 22.1 Å². The fourth-order valence-corrected chi connectivity index (χ4v) is 7.76. The molecule has 5 rings (SSSR count). The van der Waals surface area contributed by atoms with Crippen LogP contribution < -0.4 is 4.90 Å². The quantitative estimate of drug-likeness (QED) is 0.415. The van der Waals surface area contributed by atoms with Gasteiger partial charge in [-0.3, -0.25) is 4.79 Å². The van der Waals surface area contributed by atoms with Crippen molar-refractivity contribution in [1.82, 2.24) is 9.46 Å². The van der Waals surface area contributed by atoms with Crippen LogP contribution in [0.15, 0.2) is 62.8 Å². The van der Waals surface area contributed by atoms with E-state index in [1.54, 1.807) is 36.9 Å². The van der Waals surface area contributed by atoms with E-state index in [1.165, 1.54) is 22.5 Å². The molecule has 1 aromatic heterocycles. The van der Waals surface area contributed by atoms with Gasteiger partial charge in [-0.1, -0.05) is 42.4 Å². The molecule has 0 radical (unpaired) electrons. The van der Waals surface area contributed by atoms with E-state index in [1.807, 2.05) is 29.2 Å². The van der Waals surface area contributed by atoms with E-state index in [0.717, 1.165) is 16.3 Å². The number of fused-ring (bicyclic) bond motifs is 1. The number of benzene rings is 2. The first-order chi connectivity index (χ1) is 18.3. The number of carbonyl (C=O) groups excluding carboxylic acids is 1. The van der Waals surface area contributed by atoms with Crippen molar-refractivity contribution in [3.05, 3.63) is 71.4 Å². The molecular weight excluding hydrogens is 525 g/mol. The zero-order valence-electron chi connectivity index (χ0n) is 21.3. The molecule has 1 saturated heterocycles. The SMILES string of the molecule is Cc1noc(C=Cc2ccccc2F)c1S(=O)(=O)N1CCC(C(=O)N2CC(C)CSc3ccccc32)CC1. The fourth-order valence-electron chi connectivity index (χ4n) is 4.97. The normalized spacial score (nSPS) is 19.4. The number of hydrogen-bond acceptors (Lipinski definition) is 6. The molecular formula is C28H30FN3O4S2. The van der Waals surface area contributed by atoms with Gasteiger partial charge in [0.15, 0.2) is 10.7 Å². The highest BCUT2D eigenvalue weighted by Gasteiger charge is 2.38.